The molecule has 2 aromatic carbocycles. The molecule has 0 aliphatic heterocycles. The van der Waals surface area contributed by atoms with E-state index in [1.807, 2.05) is 24.3 Å². The van der Waals surface area contributed by atoms with Gasteiger partial charge in [0.2, 0.25) is 10.0 Å². The lowest BCUT2D eigenvalue weighted by Crippen LogP contribution is -2.27. The number of benzene rings is 2. The Labute approximate surface area is 133 Å². The molecule has 0 radical (unpaired) electrons. The normalized spacial score (nSPS) is 17.7. The number of fused-ring (bicyclic) bond motifs is 1. The van der Waals surface area contributed by atoms with Gasteiger partial charge >= 0.3 is 0 Å². The Morgan fingerprint density at radius 2 is 1.86 bits per heavy atom. The third kappa shape index (κ3) is 2.94. The molecule has 21 heavy (non-hydrogen) atoms. The molecule has 0 bridgehead atoms. The van der Waals surface area contributed by atoms with Gasteiger partial charge in [0.15, 0.2) is 0 Å². The Morgan fingerprint density at radius 1 is 1.10 bits per heavy atom. The van der Waals surface area contributed by atoms with Gasteiger partial charge < -0.3 is 0 Å². The lowest BCUT2D eigenvalue weighted by Gasteiger charge is -2.15. The van der Waals surface area contributed by atoms with Gasteiger partial charge in [-0.05, 0) is 42.2 Å². The number of halogens is 2. The van der Waals surface area contributed by atoms with Gasteiger partial charge in [0, 0.05) is 11.1 Å². The van der Waals surface area contributed by atoms with E-state index >= 15 is 0 Å². The summed E-state index contributed by atoms with van der Waals surface area (Å²) >= 11 is 11.9. The van der Waals surface area contributed by atoms with Gasteiger partial charge in [-0.15, -0.1) is 0 Å². The molecule has 6 heteroatoms. The van der Waals surface area contributed by atoms with Crippen molar-refractivity contribution in [1.82, 2.24) is 4.72 Å². The summed E-state index contributed by atoms with van der Waals surface area (Å²) < 4.78 is 27.8. The van der Waals surface area contributed by atoms with E-state index in [0.717, 1.165) is 18.4 Å². The van der Waals surface area contributed by atoms with Gasteiger partial charge in [0.05, 0.1) is 5.02 Å². The van der Waals surface area contributed by atoms with E-state index in [0.29, 0.717) is 5.02 Å². The first kappa shape index (κ1) is 14.9. The molecular weight excluding hydrogens is 329 g/mol. The molecule has 1 aliphatic carbocycles. The van der Waals surface area contributed by atoms with Crippen molar-refractivity contribution in [1.29, 1.82) is 0 Å². The van der Waals surface area contributed by atoms with Crippen LogP contribution >= 0.6 is 23.2 Å². The molecule has 110 valence electrons. The zero-order valence-electron chi connectivity index (χ0n) is 11.0. The summed E-state index contributed by atoms with van der Waals surface area (Å²) in [5.41, 5.74) is 2.21. The van der Waals surface area contributed by atoms with Crippen molar-refractivity contribution in [3.8, 4) is 0 Å². The van der Waals surface area contributed by atoms with Crippen molar-refractivity contribution in [2.75, 3.05) is 0 Å². The average molecular weight is 342 g/mol. The lowest BCUT2D eigenvalue weighted by molar-refractivity contribution is 0.554. The zero-order valence-corrected chi connectivity index (χ0v) is 13.3. The van der Waals surface area contributed by atoms with Gasteiger partial charge in [-0.2, -0.15) is 0 Å². The highest BCUT2D eigenvalue weighted by molar-refractivity contribution is 7.89. The Hall–Kier alpha value is -1.07. The Bertz CT molecular complexity index is 790. The smallest absolute Gasteiger partial charge is 0.207 e. The number of nitrogens with one attached hydrogen (secondary N) is 1. The van der Waals surface area contributed by atoms with Gasteiger partial charge in [-0.1, -0.05) is 47.5 Å². The van der Waals surface area contributed by atoms with Crippen LogP contribution in [-0.4, -0.2) is 8.42 Å². The Balaban J connectivity index is 1.93. The maximum absolute atomic E-state index is 12.5. The first-order valence-corrected chi connectivity index (χ1v) is 8.76. The molecule has 0 heterocycles. The number of aryl methyl sites for hydroxylation is 1. The van der Waals surface area contributed by atoms with Crippen LogP contribution in [0.25, 0.3) is 0 Å². The predicted molar refractivity (Wildman–Crippen MR) is 84.3 cm³/mol. The first-order chi connectivity index (χ1) is 9.97. The van der Waals surface area contributed by atoms with Crippen LogP contribution in [-0.2, 0) is 16.4 Å². The van der Waals surface area contributed by atoms with E-state index in [1.165, 1.54) is 17.7 Å². The van der Waals surface area contributed by atoms with E-state index < -0.39 is 10.0 Å². The van der Waals surface area contributed by atoms with Crippen LogP contribution in [0.5, 0.6) is 0 Å². The Kier molecular flexibility index (Phi) is 3.97. The summed E-state index contributed by atoms with van der Waals surface area (Å²) in [4.78, 5) is 0.0149. The summed E-state index contributed by atoms with van der Waals surface area (Å²) in [6, 6.07) is 12.1. The van der Waals surface area contributed by atoms with E-state index in [2.05, 4.69) is 4.72 Å². The second kappa shape index (κ2) is 5.61. The van der Waals surface area contributed by atoms with E-state index in [4.69, 9.17) is 23.2 Å². The molecule has 1 atom stereocenters. The minimum absolute atomic E-state index is 0.0149. The van der Waals surface area contributed by atoms with E-state index in [9.17, 15) is 8.42 Å². The lowest BCUT2D eigenvalue weighted by atomic mass is 10.1. The fourth-order valence-electron chi connectivity index (χ4n) is 2.61. The molecule has 0 saturated heterocycles. The van der Waals surface area contributed by atoms with Crippen molar-refractivity contribution >= 4 is 33.2 Å². The number of rotatable bonds is 3. The van der Waals surface area contributed by atoms with Crippen molar-refractivity contribution < 1.29 is 8.42 Å². The quantitative estimate of drug-likeness (QED) is 0.918. The second-order valence-electron chi connectivity index (χ2n) is 4.99. The third-order valence-corrected chi connectivity index (χ3v) is 5.80. The highest BCUT2D eigenvalue weighted by Gasteiger charge is 2.28. The molecule has 3 rings (SSSR count). The van der Waals surface area contributed by atoms with Crippen LogP contribution in [0, 0.1) is 0 Å². The number of hydrogen-bond donors (Lipinski definition) is 1. The van der Waals surface area contributed by atoms with Crippen LogP contribution < -0.4 is 4.72 Å². The fourth-order valence-corrected chi connectivity index (χ4v) is 4.63. The molecule has 0 fully saturated rings. The largest absolute Gasteiger partial charge is 0.242 e. The van der Waals surface area contributed by atoms with Gasteiger partial charge in [0.25, 0.3) is 0 Å². The SMILES string of the molecule is O=S(=O)(N[C@H]1CCc2ccccc21)c1cc(Cl)ccc1Cl. The number of hydrogen-bond acceptors (Lipinski definition) is 2. The summed E-state index contributed by atoms with van der Waals surface area (Å²) in [6.07, 6.45) is 1.61. The van der Waals surface area contributed by atoms with Gasteiger partial charge in [-0.25, -0.2) is 13.1 Å². The highest BCUT2D eigenvalue weighted by Crippen LogP contribution is 2.33. The molecule has 1 aliphatic rings. The van der Waals surface area contributed by atoms with Crippen LogP contribution in [0.2, 0.25) is 10.0 Å². The van der Waals surface area contributed by atoms with Crippen molar-refractivity contribution in [3.63, 3.8) is 0 Å². The average Bonchev–Trinajstić information content (AvgIpc) is 2.84. The minimum Gasteiger partial charge on any atom is -0.207 e. The van der Waals surface area contributed by atoms with Crippen LogP contribution in [0.3, 0.4) is 0 Å². The monoisotopic (exact) mass is 341 g/mol. The maximum Gasteiger partial charge on any atom is 0.242 e. The predicted octanol–water partition coefficient (Wildman–Crippen LogP) is 3.96. The third-order valence-electron chi connectivity index (χ3n) is 3.61. The molecule has 0 saturated carbocycles. The van der Waals surface area contributed by atoms with Crippen LogP contribution in [0.4, 0.5) is 0 Å². The maximum atomic E-state index is 12.5. The second-order valence-corrected chi connectivity index (χ2v) is 7.51. The summed E-state index contributed by atoms with van der Waals surface area (Å²) in [6.45, 7) is 0. The molecule has 0 amide bonds. The molecule has 0 spiro atoms. The Morgan fingerprint density at radius 3 is 2.67 bits per heavy atom. The molecule has 2 aromatic rings. The summed E-state index contributed by atoms with van der Waals surface area (Å²) in [7, 11) is -3.71. The van der Waals surface area contributed by atoms with Crippen molar-refractivity contribution in [3.05, 3.63) is 63.6 Å². The first-order valence-electron chi connectivity index (χ1n) is 6.52. The van der Waals surface area contributed by atoms with Gasteiger partial charge in [-0.3, -0.25) is 0 Å². The van der Waals surface area contributed by atoms with Crippen molar-refractivity contribution in [2.24, 2.45) is 0 Å². The molecular formula is C15H13Cl2NO2S. The molecule has 3 nitrogen and oxygen atoms in total. The van der Waals surface area contributed by atoms with Crippen LogP contribution in [0.15, 0.2) is 47.4 Å². The van der Waals surface area contributed by atoms with E-state index in [-0.39, 0.29) is 16.0 Å². The van der Waals surface area contributed by atoms with E-state index in [1.54, 1.807) is 6.07 Å². The standard InChI is InChI=1S/C15H13Cl2NO2S/c16-11-6-7-13(17)15(9-11)21(19,20)18-14-8-5-10-3-1-2-4-12(10)14/h1-4,6-7,9,14,18H,5,8H2/t14-/m0/s1. The number of sulfonamides is 1. The van der Waals surface area contributed by atoms with Crippen molar-refractivity contribution in [2.45, 2.75) is 23.8 Å². The topological polar surface area (TPSA) is 46.2 Å². The molecule has 0 aromatic heterocycles. The van der Waals surface area contributed by atoms with Gasteiger partial charge in [0.1, 0.15) is 4.90 Å². The summed E-state index contributed by atoms with van der Waals surface area (Å²) in [5, 5.41) is 0.504. The van der Waals surface area contributed by atoms with Crippen LogP contribution in [0.1, 0.15) is 23.6 Å². The molecule has 1 N–H and O–H groups in total. The fraction of sp³-hybridized carbons (Fsp3) is 0.200. The minimum atomic E-state index is -3.71. The summed E-state index contributed by atoms with van der Waals surface area (Å²) in [5.74, 6) is 0. The molecule has 0 unspecified atom stereocenters. The zero-order chi connectivity index (χ0) is 15.0. The highest BCUT2D eigenvalue weighted by atomic mass is 35.5.